The largest absolute Gasteiger partial charge is 0.495 e. The molecule has 2 aromatic heterocycles. The van der Waals surface area contributed by atoms with Crippen LogP contribution in [0.15, 0.2) is 67.0 Å². The van der Waals surface area contributed by atoms with Crippen molar-refractivity contribution in [3.8, 4) is 17.0 Å². The molecule has 0 radical (unpaired) electrons. The highest BCUT2D eigenvalue weighted by molar-refractivity contribution is 5.95. The number of primary amides is 1. The van der Waals surface area contributed by atoms with Gasteiger partial charge in [0.25, 0.3) is 0 Å². The maximum atomic E-state index is 14.0. The van der Waals surface area contributed by atoms with Crippen LogP contribution in [0.25, 0.3) is 22.2 Å². The summed E-state index contributed by atoms with van der Waals surface area (Å²) in [5.74, 6) is 1.00. The molecule has 184 valence electrons. The molecule has 5 nitrogen and oxygen atoms in total. The molecule has 2 N–H and O–H groups in total. The van der Waals surface area contributed by atoms with Gasteiger partial charge in [-0.25, -0.2) is 4.39 Å². The van der Waals surface area contributed by atoms with Crippen molar-refractivity contribution in [1.29, 1.82) is 0 Å². The van der Waals surface area contributed by atoms with E-state index in [9.17, 15) is 9.18 Å². The number of hydrogen-bond donors (Lipinski definition) is 1. The van der Waals surface area contributed by atoms with Crippen LogP contribution in [-0.4, -0.2) is 23.0 Å². The third-order valence-electron chi connectivity index (χ3n) is 7.73. The molecule has 1 saturated carbocycles. The number of rotatable bonds is 6. The zero-order chi connectivity index (χ0) is 25.2. The maximum Gasteiger partial charge on any atom is 0.248 e. The lowest BCUT2D eigenvalue weighted by atomic mass is 9.71. The summed E-state index contributed by atoms with van der Waals surface area (Å²) in [4.78, 5) is 21.2. The normalized spacial score (nSPS) is 18.6. The number of nitrogens with two attached hydrogens (primary N) is 1. The number of nitrogens with zero attached hydrogens (tertiary/aromatic N) is 2. The molecule has 5 rings (SSSR count). The van der Waals surface area contributed by atoms with E-state index in [0.29, 0.717) is 23.1 Å². The van der Waals surface area contributed by atoms with Crippen LogP contribution < -0.4 is 10.5 Å². The summed E-state index contributed by atoms with van der Waals surface area (Å²) in [5.41, 5.74) is 11.1. The number of ether oxygens (including phenoxy) is 1. The molecule has 1 aliphatic carbocycles. The van der Waals surface area contributed by atoms with E-state index in [1.807, 2.05) is 36.5 Å². The zero-order valence-electron chi connectivity index (χ0n) is 20.6. The summed E-state index contributed by atoms with van der Waals surface area (Å²) in [6, 6.07) is 16.4. The van der Waals surface area contributed by atoms with Crippen LogP contribution in [0.3, 0.4) is 0 Å². The maximum absolute atomic E-state index is 14.0. The summed E-state index contributed by atoms with van der Waals surface area (Å²) in [6.07, 6.45) is 7.58. The van der Waals surface area contributed by atoms with Gasteiger partial charge in [0.1, 0.15) is 11.6 Å². The van der Waals surface area contributed by atoms with E-state index in [2.05, 4.69) is 23.0 Å². The van der Waals surface area contributed by atoms with Gasteiger partial charge in [-0.15, -0.1) is 0 Å². The number of amides is 1. The van der Waals surface area contributed by atoms with Gasteiger partial charge in [-0.3, -0.25) is 14.8 Å². The Morgan fingerprint density at radius 3 is 2.53 bits per heavy atom. The predicted octanol–water partition coefficient (Wildman–Crippen LogP) is 6.62. The Morgan fingerprint density at radius 1 is 1.03 bits per heavy atom. The third kappa shape index (κ3) is 4.68. The van der Waals surface area contributed by atoms with E-state index in [1.54, 1.807) is 25.4 Å². The fourth-order valence-corrected chi connectivity index (χ4v) is 5.67. The SMILES string of the molecule is COc1ccc(-c2ccc(C(N)=O)c([C@H](C)C3CCC(c4ccnc5ccc(F)cc45)CC3)c2)nc1. The first-order valence-electron chi connectivity index (χ1n) is 12.4. The van der Waals surface area contributed by atoms with E-state index in [1.165, 1.54) is 11.6 Å². The smallest absolute Gasteiger partial charge is 0.248 e. The molecule has 0 aliphatic heterocycles. The second-order valence-corrected chi connectivity index (χ2v) is 9.71. The summed E-state index contributed by atoms with van der Waals surface area (Å²) >= 11 is 0. The lowest BCUT2D eigenvalue weighted by molar-refractivity contribution is 0.0998. The van der Waals surface area contributed by atoms with Gasteiger partial charge in [0, 0.05) is 22.7 Å². The molecule has 1 atom stereocenters. The van der Waals surface area contributed by atoms with Crippen molar-refractivity contribution in [2.24, 2.45) is 11.7 Å². The molecule has 0 spiro atoms. The van der Waals surface area contributed by atoms with Crippen LogP contribution >= 0.6 is 0 Å². The molecule has 1 amide bonds. The summed E-state index contributed by atoms with van der Waals surface area (Å²) < 4.78 is 19.2. The number of pyridine rings is 2. The Labute approximate surface area is 210 Å². The van der Waals surface area contributed by atoms with Gasteiger partial charge in [0.2, 0.25) is 5.91 Å². The van der Waals surface area contributed by atoms with Crippen LogP contribution in [0.5, 0.6) is 5.75 Å². The molecule has 36 heavy (non-hydrogen) atoms. The van der Waals surface area contributed by atoms with Crippen molar-refractivity contribution >= 4 is 16.8 Å². The van der Waals surface area contributed by atoms with Crippen molar-refractivity contribution in [1.82, 2.24) is 9.97 Å². The number of hydrogen-bond acceptors (Lipinski definition) is 4. The van der Waals surface area contributed by atoms with E-state index in [-0.39, 0.29) is 11.7 Å². The molecule has 1 fully saturated rings. The molecule has 6 heteroatoms. The van der Waals surface area contributed by atoms with Crippen LogP contribution in [0.1, 0.15) is 65.9 Å². The predicted molar refractivity (Wildman–Crippen MR) is 140 cm³/mol. The van der Waals surface area contributed by atoms with Crippen LogP contribution in [-0.2, 0) is 0 Å². The van der Waals surface area contributed by atoms with Crippen LogP contribution in [0.4, 0.5) is 4.39 Å². The second-order valence-electron chi connectivity index (χ2n) is 9.71. The minimum absolute atomic E-state index is 0.165. The van der Waals surface area contributed by atoms with Crippen molar-refractivity contribution in [2.45, 2.75) is 44.4 Å². The molecule has 0 unspecified atom stereocenters. The van der Waals surface area contributed by atoms with Crippen molar-refractivity contribution in [2.75, 3.05) is 7.11 Å². The Hall–Kier alpha value is -3.80. The number of benzene rings is 2. The quantitative estimate of drug-likeness (QED) is 0.334. The molecule has 2 heterocycles. The molecule has 1 aliphatic rings. The van der Waals surface area contributed by atoms with Crippen molar-refractivity contribution < 1.29 is 13.9 Å². The monoisotopic (exact) mass is 483 g/mol. The number of aromatic nitrogens is 2. The topological polar surface area (TPSA) is 78.1 Å². The highest BCUT2D eigenvalue weighted by Crippen LogP contribution is 2.44. The highest BCUT2D eigenvalue weighted by atomic mass is 19.1. The lowest BCUT2D eigenvalue weighted by Crippen LogP contribution is -2.22. The molecule has 0 saturated heterocycles. The summed E-state index contributed by atoms with van der Waals surface area (Å²) in [6.45, 7) is 2.19. The first kappa shape index (κ1) is 23.9. The Balaban J connectivity index is 1.38. The highest BCUT2D eigenvalue weighted by Gasteiger charge is 2.29. The number of fused-ring (bicyclic) bond motifs is 1. The average molecular weight is 484 g/mol. The molecule has 2 aromatic carbocycles. The minimum atomic E-state index is -0.412. The molecular weight excluding hydrogens is 453 g/mol. The molecular formula is C30H30FN3O2. The summed E-state index contributed by atoms with van der Waals surface area (Å²) in [7, 11) is 1.61. The van der Waals surface area contributed by atoms with Crippen LogP contribution in [0.2, 0.25) is 0 Å². The van der Waals surface area contributed by atoms with Gasteiger partial charge in [-0.2, -0.15) is 0 Å². The van der Waals surface area contributed by atoms with Gasteiger partial charge in [0.15, 0.2) is 0 Å². The number of methoxy groups -OCH3 is 1. The minimum Gasteiger partial charge on any atom is -0.495 e. The van der Waals surface area contributed by atoms with Crippen molar-refractivity contribution in [3.05, 3.63) is 89.5 Å². The lowest BCUT2D eigenvalue weighted by Gasteiger charge is -2.34. The Bertz CT molecular complexity index is 1400. The van der Waals surface area contributed by atoms with E-state index < -0.39 is 5.91 Å². The fraction of sp³-hybridized carbons (Fsp3) is 0.300. The fourth-order valence-electron chi connectivity index (χ4n) is 5.67. The van der Waals surface area contributed by atoms with Gasteiger partial charge in [0.05, 0.1) is 24.5 Å². The molecule has 4 aromatic rings. The third-order valence-corrected chi connectivity index (χ3v) is 7.73. The van der Waals surface area contributed by atoms with Crippen LogP contribution in [0, 0.1) is 11.7 Å². The standard InChI is InChI=1S/C30H30FN3O2/c1-18(26-15-21(7-10-25(26)30(32)35)28-12-9-23(36-2)17-34-28)19-3-5-20(6-4-19)24-13-14-33-29-11-8-22(31)16-27(24)29/h7-20H,3-6H2,1-2H3,(H2,32,35)/t18-,19?,20?/m1/s1. The van der Waals surface area contributed by atoms with Gasteiger partial charge in [-0.05, 0) is 103 Å². The Kier molecular flexibility index (Phi) is 6.68. The van der Waals surface area contributed by atoms with Gasteiger partial charge in [-0.1, -0.05) is 13.0 Å². The number of halogens is 1. The van der Waals surface area contributed by atoms with Gasteiger partial charge >= 0.3 is 0 Å². The first-order valence-corrected chi connectivity index (χ1v) is 12.4. The van der Waals surface area contributed by atoms with E-state index in [4.69, 9.17) is 10.5 Å². The second kappa shape index (κ2) is 10.1. The Morgan fingerprint density at radius 2 is 1.83 bits per heavy atom. The summed E-state index contributed by atoms with van der Waals surface area (Å²) in [5, 5.41) is 0.907. The number of carbonyl (C=O) groups is 1. The average Bonchev–Trinajstić information content (AvgIpc) is 2.92. The molecule has 0 bridgehead atoms. The first-order chi connectivity index (χ1) is 17.4. The van der Waals surface area contributed by atoms with E-state index in [0.717, 1.165) is 53.4 Å². The van der Waals surface area contributed by atoms with Crippen molar-refractivity contribution in [3.63, 3.8) is 0 Å². The van der Waals surface area contributed by atoms with Gasteiger partial charge < -0.3 is 10.5 Å². The zero-order valence-corrected chi connectivity index (χ0v) is 20.6. The number of carbonyl (C=O) groups excluding carboxylic acids is 1. The van der Waals surface area contributed by atoms with E-state index >= 15 is 0 Å².